The molecular formula is C20H24N6O2. The Morgan fingerprint density at radius 2 is 2.04 bits per heavy atom. The van der Waals surface area contributed by atoms with Crippen LogP contribution in [0, 0.1) is 5.92 Å². The Hall–Kier alpha value is -2.87. The lowest BCUT2D eigenvalue weighted by atomic mass is 9.91. The second kappa shape index (κ2) is 7.63. The Morgan fingerprint density at radius 1 is 1.25 bits per heavy atom. The van der Waals surface area contributed by atoms with Crippen LogP contribution >= 0.6 is 0 Å². The first-order chi connectivity index (χ1) is 13.5. The van der Waals surface area contributed by atoms with Crippen LogP contribution in [0.1, 0.15) is 18.7 Å². The zero-order valence-corrected chi connectivity index (χ0v) is 16.4. The molecule has 1 saturated heterocycles. The number of rotatable bonds is 5. The van der Waals surface area contributed by atoms with Gasteiger partial charge in [-0.2, -0.15) is 0 Å². The number of benzene rings is 1. The van der Waals surface area contributed by atoms with Crippen LogP contribution < -0.4 is 4.90 Å². The van der Waals surface area contributed by atoms with Gasteiger partial charge in [0.05, 0.1) is 11.9 Å². The van der Waals surface area contributed by atoms with Gasteiger partial charge in [-0.3, -0.25) is 4.79 Å². The van der Waals surface area contributed by atoms with E-state index in [4.69, 9.17) is 4.42 Å². The summed E-state index contributed by atoms with van der Waals surface area (Å²) < 4.78 is 5.67. The van der Waals surface area contributed by atoms with Crippen molar-refractivity contribution in [2.75, 3.05) is 39.1 Å². The summed E-state index contributed by atoms with van der Waals surface area (Å²) in [7, 11) is 5.78. The Kier molecular flexibility index (Phi) is 5.04. The minimum Gasteiger partial charge on any atom is -0.403 e. The van der Waals surface area contributed by atoms with Crippen LogP contribution in [0.2, 0.25) is 0 Å². The highest BCUT2D eigenvalue weighted by molar-refractivity contribution is 5.85. The van der Waals surface area contributed by atoms with Crippen LogP contribution in [0.4, 0.5) is 6.01 Å². The molecule has 1 fully saturated rings. The average molecular weight is 380 g/mol. The standard InChI is InChI=1S/C20H24N6O2/c1-25(2)20-24-23-19(28-20)14-4-5-15-12-21-18(22-16(15)10-14)11-17(27)13-6-8-26(3)9-7-13/h4-5,10,12-13H,6-9,11H2,1-3H3. The highest BCUT2D eigenvalue weighted by Gasteiger charge is 2.24. The van der Waals surface area contributed by atoms with Gasteiger partial charge >= 0.3 is 6.01 Å². The van der Waals surface area contributed by atoms with E-state index >= 15 is 0 Å². The molecule has 0 radical (unpaired) electrons. The van der Waals surface area contributed by atoms with Crippen molar-refractivity contribution in [2.24, 2.45) is 5.92 Å². The maximum Gasteiger partial charge on any atom is 0.317 e. The second-order valence-corrected chi connectivity index (χ2v) is 7.56. The summed E-state index contributed by atoms with van der Waals surface area (Å²) in [6.45, 7) is 1.94. The van der Waals surface area contributed by atoms with Gasteiger partial charge in [0.2, 0.25) is 5.89 Å². The molecule has 3 heterocycles. The molecule has 146 valence electrons. The smallest absolute Gasteiger partial charge is 0.317 e. The summed E-state index contributed by atoms with van der Waals surface area (Å²) in [6, 6.07) is 6.17. The monoisotopic (exact) mass is 380 g/mol. The van der Waals surface area contributed by atoms with Gasteiger partial charge in [-0.25, -0.2) is 9.97 Å². The minimum absolute atomic E-state index is 0.115. The van der Waals surface area contributed by atoms with Crippen LogP contribution in [0.15, 0.2) is 28.8 Å². The second-order valence-electron chi connectivity index (χ2n) is 7.56. The van der Waals surface area contributed by atoms with Crippen molar-refractivity contribution in [2.45, 2.75) is 19.3 Å². The maximum absolute atomic E-state index is 12.6. The van der Waals surface area contributed by atoms with Crippen molar-refractivity contribution >= 4 is 22.7 Å². The number of piperidine rings is 1. The Labute approximate surface area is 163 Å². The average Bonchev–Trinajstić information content (AvgIpc) is 3.18. The summed E-state index contributed by atoms with van der Waals surface area (Å²) in [5, 5.41) is 9.02. The molecule has 0 bridgehead atoms. The van der Waals surface area contributed by atoms with Gasteiger partial charge in [-0.05, 0) is 45.1 Å². The molecule has 28 heavy (non-hydrogen) atoms. The molecule has 8 heteroatoms. The minimum atomic E-state index is 0.115. The first-order valence-electron chi connectivity index (χ1n) is 9.48. The first-order valence-corrected chi connectivity index (χ1v) is 9.48. The molecule has 4 rings (SSSR count). The van der Waals surface area contributed by atoms with Gasteiger partial charge in [0.25, 0.3) is 0 Å². The molecule has 0 saturated carbocycles. The van der Waals surface area contributed by atoms with E-state index in [2.05, 4.69) is 32.1 Å². The molecule has 0 amide bonds. The van der Waals surface area contributed by atoms with Crippen LogP contribution in [-0.4, -0.2) is 65.1 Å². The topological polar surface area (TPSA) is 88.3 Å². The van der Waals surface area contributed by atoms with Gasteiger partial charge in [-0.1, -0.05) is 11.2 Å². The van der Waals surface area contributed by atoms with E-state index in [1.54, 1.807) is 11.1 Å². The summed E-state index contributed by atoms with van der Waals surface area (Å²) >= 11 is 0. The van der Waals surface area contributed by atoms with Crippen LogP contribution in [0.3, 0.4) is 0 Å². The van der Waals surface area contributed by atoms with Gasteiger partial charge in [-0.15, -0.1) is 5.10 Å². The highest BCUT2D eigenvalue weighted by Crippen LogP contribution is 2.25. The molecule has 3 aromatic rings. The SMILES string of the molecule is CN1CCC(C(=O)Cc2ncc3ccc(-c4nnc(N(C)C)o4)cc3n2)CC1. The lowest BCUT2D eigenvalue weighted by Crippen LogP contribution is -2.34. The maximum atomic E-state index is 12.6. The van der Waals surface area contributed by atoms with Gasteiger partial charge in [0, 0.05) is 37.2 Å². The van der Waals surface area contributed by atoms with E-state index in [1.807, 2.05) is 32.3 Å². The molecular weight excluding hydrogens is 356 g/mol. The number of nitrogens with zero attached hydrogens (tertiary/aromatic N) is 6. The van der Waals surface area contributed by atoms with Crippen molar-refractivity contribution in [3.05, 3.63) is 30.2 Å². The fourth-order valence-corrected chi connectivity index (χ4v) is 3.42. The molecule has 0 unspecified atom stereocenters. The van der Waals surface area contributed by atoms with Crippen molar-refractivity contribution < 1.29 is 9.21 Å². The van der Waals surface area contributed by atoms with Gasteiger partial charge in [0.15, 0.2) is 0 Å². The van der Waals surface area contributed by atoms with Gasteiger partial charge < -0.3 is 14.2 Å². The fourth-order valence-electron chi connectivity index (χ4n) is 3.42. The van der Waals surface area contributed by atoms with E-state index in [1.165, 1.54) is 0 Å². The molecule has 1 aromatic carbocycles. The quantitative estimate of drug-likeness (QED) is 0.666. The van der Waals surface area contributed by atoms with Crippen LogP contribution in [0.25, 0.3) is 22.4 Å². The van der Waals surface area contributed by atoms with Gasteiger partial charge in [0.1, 0.15) is 11.6 Å². The van der Waals surface area contributed by atoms with E-state index < -0.39 is 0 Å². The van der Waals surface area contributed by atoms with E-state index in [0.29, 0.717) is 17.7 Å². The van der Waals surface area contributed by atoms with Crippen molar-refractivity contribution in [1.29, 1.82) is 0 Å². The van der Waals surface area contributed by atoms with E-state index in [-0.39, 0.29) is 18.1 Å². The zero-order chi connectivity index (χ0) is 19.7. The Bertz CT molecular complexity index is 991. The molecule has 0 N–H and O–H groups in total. The molecule has 0 spiro atoms. The van der Waals surface area contributed by atoms with Crippen molar-refractivity contribution in [1.82, 2.24) is 25.1 Å². The number of Topliss-reactive ketones (excluding diaryl/α,β-unsaturated/α-hetero) is 1. The molecule has 1 aliphatic heterocycles. The normalized spacial score (nSPS) is 15.8. The first kappa shape index (κ1) is 18.5. The number of fused-ring (bicyclic) bond motifs is 1. The third-order valence-electron chi connectivity index (χ3n) is 5.18. The van der Waals surface area contributed by atoms with Crippen LogP contribution in [-0.2, 0) is 11.2 Å². The summed E-state index contributed by atoms with van der Waals surface area (Å²) in [4.78, 5) is 25.6. The molecule has 8 nitrogen and oxygen atoms in total. The number of carbonyl (C=O) groups is 1. The van der Waals surface area contributed by atoms with E-state index in [9.17, 15) is 4.79 Å². The highest BCUT2D eigenvalue weighted by atomic mass is 16.4. The number of carbonyl (C=O) groups excluding carboxylic acids is 1. The molecule has 0 aliphatic carbocycles. The number of aromatic nitrogens is 4. The number of hydrogen-bond donors (Lipinski definition) is 0. The Morgan fingerprint density at radius 3 is 2.75 bits per heavy atom. The van der Waals surface area contributed by atoms with Crippen molar-refractivity contribution in [3.8, 4) is 11.5 Å². The third kappa shape index (κ3) is 3.87. The lowest BCUT2D eigenvalue weighted by Gasteiger charge is -2.27. The summed E-state index contributed by atoms with van der Waals surface area (Å²) in [5.41, 5.74) is 1.56. The lowest BCUT2D eigenvalue weighted by molar-refractivity contribution is -0.123. The summed E-state index contributed by atoms with van der Waals surface area (Å²) in [6.07, 6.45) is 3.87. The largest absolute Gasteiger partial charge is 0.403 e. The predicted molar refractivity (Wildman–Crippen MR) is 106 cm³/mol. The fraction of sp³-hybridized carbons (Fsp3) is 0.450. The number of ketones is 1. The predicted octanol–water partition coefficient (Wildman–Crippen LogP) is 2.20. The van der Waals surface area contributed by atoms with Crippen LogP contribution in [0.5, 0.6) is 0 Å². The van der Waals surface area contributed by atoms with E-state index in [0.717, 1.165) is 42.4 Å². The van der Waals surface area contributed by atoms with Crippen molar-refractivity contribution in [3.63, 3.8) is 0 Å². The third-order valence-corrected chi connectivity index (χ3v) is 5.18. The number of likely N-dealkylation sites (tertiary alicyclic amines) is 1. The number of anilines is 1. The molecule has 0 atom stereocenters. The Balaban J connectivity index is 1.54. The molecule has 1 aliphatic rings. The summed E-state index contributed by atoms with van der Waals surface area (Å²) in [5.74, 6) is 1.35. The zero-order valence-electron chi connectivity index (χ0n) is 16.4. The molecule has 2 aromatic heterocycles. The number of hydrogen-bond acceptors (Lipinski definition) is 8.